The Balaban J connectivity index is 3.04. The van der Waals surface area contributed by atoms with Crippen LogP contribution < -0.4 is 4.74 Å². The number of nitrogens with zero attached hydrogens (tertiary/aromatic N) is 1. The highest BCUT2D eigenvalue weighted by atomic mass is 127. The highest BCUT2D eigenvalue weighted by molar-refractivity contribution is 14.1. The van der Waals surface area contributed by atoms with Crippen LogP contribution in [-0.2, 0) is 0 Å². The first-order valence-corrected chi connectivity index (χ1v) is 4.94. The lowest BCUT2D eigenvalue weighted by Gasteiger charge is -2.09. The minimum atomic E-state index is -4.92. The first-order valence-electron chi connectivity index (χ1n) is 3.07. The van der Waals surface area contributed by atoms with Gasteiger partial charge >= 0.3 is 6.36 Å². The van der Waals surface area contributed by atoms with Crippen LogP contribution in [0.3, 0.4) is 0 Å². The molecule has 0 fully saturated rings. The van der Waals surface area contributed by atoms with Gasteiger partial charge in [-0.05, 0) is 38.5 Å². The van der Waals surface area contributed by atoms with Crippen LogP contribution in [0.1, 0.15) is 0 Å². The van der Waals surface area contributed by atoms with Crippen LogP contribution in [0, 0.1) is 9.65 Å². The van der Waals surface area contributed by atoms with Crippen molar-refractivity contribution in [2.75, 3.05) is 0 Å². The van der Waals surface area contributed by atoms with Crippen LogP contribution in [-0.4, -0.2) is 11.3 Å². The summed E-state index contributed by atoms with van der Waals surface area (Å²) in [6.07, 6.45) is -4.92. The van der Waals surface area contributed by atoms with Gasteiger partial charge in [0.1, 0.15) is 3.70 Å². The van der Waals surface area contributed by atoms with Crippen molar-refractivity contribution in [3.8, 4) is 5.75 Å². The van der Waals surface area contributed by atoms with Crippen molar-refractivity contribution in [2.24, 2.45) is 0 Å². The summed E-state index contributed by atoms with van der Waals surface area (Å²) in [5.74, 6) is -2.25. The molecular formula is C6HBrF4INO. The van der Waals surface area contributed by atoms with Gasteiger partial charge in [0.15, 0.2) is 5.75 Å². The maximum atomic E-state index is 12.8. The smallest absolute Gasteiger partial charge is 0.401 e. The third-order valence-corrected chi connectivity index (χ3v) is 3.25. The summed E-state index contributed by atoms with van der Waals surface area (Å²) in [5.41, 5.74) is 0. The number of alkyl halides is 3. The van der Waals surface area contributed by atoms with E-state index in [0.29, 0.717) is 0 Å². The normalized spacial score (nSPS) is 11.6. The summed E-state index contributed by atoms with van der Waals surface area (Å²) >= 11 is 4.57. The molecule has 1 rings (SSSR count). The van der Waals surface area contributed by atoms with E-state index in [9.17, 15) is 17.6 Å². The fraction of sp³-hybridized carbons (Fsp3) is 0.167. The van der Waals surface area contributed by atoms with Gasteiger partial charge in [-0.1, -0.05) is 0 Å². The molecule has 0 saturated carbocycles. The van der Waals surface area contributed by atoms with E-state index in [-0.39, 0.29) is 8.17 Å². The first kappa shape index (κ1) is 12.0. The molecule has 14 heavy (non-hydrogen) atoms. The third-order valence-electron chi connectivity index (χ3n) is 1.08. The predicted molar refractivity (Wildman–Crippen MR) is 51.3 cm³/mol. The van der Waals surface area contributed by atoms with Crippen molar-refractivity contribution in [1.82, 2.24) is 4.98 Å². The molecule has 1 aromatic rings. The van der Waals surface area contributed by atoms with E-state index < -0.39 is 18.1 Å². The number of rotatable bonds is 1. The summed E-state index contributed by atoms with van der Waals surface area (Å²) in [4.78, 5) is 3.21. The first-order chi connectivity index (χ1) is 6.29. The molecule has 0 bridgehead atoms. The van der Waals surface area contributed by atoms with Gasteiger partial charge < -0.3 is 4.74 Å². The molecule has 1 aromatic heterocycles. The third kappa shape index (κ3) is 3.23. The lowest BCUT2D eigenvalue weighted by atomic mass is 10.4. The lowest BCUT2D eigenvalue weighted by molar-refractivity contribution is -0.275. The van der Waals surface area contributed by atoms with Crippen molar-refractivity contribution < 1.29 is 22.3 Å². The molecule has 0 saturated heterocycles. The Labute approximate surface area is 97.9 Å². The van der Waals surface area contributed by atoms with Crippen molar-refractivity contribution in [3.63, 3.8) is 0 Å². The molecule has 78 valence electrons. The van der Waals surface area contributed by atoms with Crippen molar-refractivity contribution in [2.45, 2.75) is 6.36 Å². The molecule has 1 heterocycles. The second-order valence-electron chi connectivity index (χ2n) is 2.10. The topological polar surface area (TPSA) is 22.1 Å². The summed E-state index contributed by atoms with van der Waals surface area (Å²) in [6, 6.07) is 0.873. The molecule has 0 aliphatic carbocycles. The Bertz CT molecular complexity index is 356. The zero-order valence-electron chi connectivity index (χ0n) is 6.20. The molecule has 0 amide bonds. The molecule has 0 atom stereocenters. The SMILES string of the molecule is Fc1nc(I)c(Br)cc1OC(F)(F)F. The van der Waals surface area contributed by atoms with E-state index in [1.165, 1.54) is 0 Å². The van der Waals surface area contributed by atoms with Gasteiger partial charge in [0.2, 0.25) is 0 Å². The van der Waals surface area contributed by atoms with E-state index in [1.807, 2.05) is 0 Å². The maximum Gasteiger partial charge on any atom is 0.573 e. The molecule has 0 unspecified atom stereocenters. The van der Waals surface area contributed by atoms with Crippen LogP contribution in [0.4, 0.5) is 17.6 Å². The second kappa shape index (κ2) is 4.17. The highest BCUT2D eigenvalue weighted by Crippen LogP contribution is 2.29. The van der Waals surface area contributed by atoms with E-state index in [0.717, 1.165) is 6.07 Å². The van der Waals surface area contributed by atoms with Gasteiger partial charge in [-0.25, -0.2) is 4.98 Å². The van der Waals surface area contributed by atoms with E-state index in [4.69, 9.17) is 0 Å². The van der Waals surface area contributed by atoms with E-state index >= 15 is 0 Å². The van der Waals surface area contributed by atoms with Crippen LogP contribution in [0.2, 0.25) is 0 Å². The second-order valence-corrected chi connectivity index (χ2v) is 3.97. The average Bonchev–Trinajstić information content (AvgIpc) is 1.97. The quantitative estimate of drug-likeness (QED) is 0.419. The summed E-state index contributed by atoms with van der Waals surface area (Å²) in [6.45, 7) is 0. The molecule has 0 aromatic carbocycles. The Kier molecular flexibility index (Phi) is 3.56. The monoisotopic (exact) mass is 385 g/mol. The van der Waals surface area contributed by atoms with Crippen molar-refractivity contribution >= 4 is 38.5 Å². The highest BCUT2D eigenvalue weighted by Gasteiger charge is 2.33. The molecule has 0 spiro atoms. The van der Waals surface area contributed by atoms with Crippen LogP contribution in [0.5, 0.6) is 5.75 Å². The van der Waals surface area contributed by atoms with E-state index in [2.05, 4.69) is 25.7 Å². The van der Waals surface area contributed by atoms with Crippen LogP contribution in [0.15, 0.2) is 10.5 Å². The molecule has 8 heteroatoms. The molecule has 0 aliphatic rings. The van der Waals surface area contributed by atoms with Gasteiger partial charge in [-0.3, -0.25) is 0 Å². The molecule has 0 N–H and O–H groups in total. The zero-order chi connectivity index (χ0) is 10.9. The Hall–Kier alpha value is -0.120. The number of pyridine rings is 1. The lowest BCUT2D eigenvalue weighted by Crippen LogP contribution is -2.18. The molecule has 2 nitrogen and oxygen atoms in total. The van der Waals surface area contributed by atoms with Crippen molar-refractivity contribution in [1.29, 1.82) is 0 Å². The van der Waals surface area contributed by atoms with Gasteiger partial charge in [0.25, 0.3) is 5.95 Å². The fourth-order valence-corrected chi connectivity index (χ4v) is 1.29. The standard InChI is InChI=1S/C6HBrF4INO/c7-2-1-3(14-6(9,10)11)4(8)13-5(2)12/h1H. The minimum Gasteiger partial charge on any atom is -0.401 e. The predicted octanol–water partition coefficient (Wildman–Crippen LogP) is 3.49. The summed E-state index contributed by atoms with van der Waals surface area (Å²) < 4.78 is 51.8. The Morgan fingerprint density at radius 3 is 2.50 bits per heavy atom. The van der Waals surface area contributed by atoms with Crippen LogP contribution in [0.25, 0.3) is 0 Å². The molecule has 0 aliphatic heterocycles. The minimum absolute atomic E-state index is 0.217. The van der Waals surface area contributed by atoms with Crippen molar-refractivity contribution in [3.05, 3.63) is 20.2 Å². The fourth-order valence-electron chi connectivity index (χ4n) is 0.625. The number of hydrogen-bond donors (Lipinski definition) is 0. The number of ether oxygens (including phenoxy) is 1. The molecule has 0 radical (unpaired) electrons. The maximum absolute atomic E-state index is 12.8. The molecular weight excluding hydrogens is 385 g/mol. The summed E-state index contributed by atoms with van der Waals surface area (Å²) in [7, 11) is 0. The van der Waals surface area contributed by atoms with Gasteiger partial charge in [0.05, 0.1) is 4.47 Å². The van der Waals surface area contributed by atoms with Gasteiger partial charge in [-0.2, -0.15) is 4.39 Å². The average molecular weight is 386 g/mol. The number of hydrogen-bond acceptors (Lipinski definition) is 2. The largest absolute Gasteiger partial charge is 0.573 e. The van der Waals surface area contributed by atoms with Gasteiger partial charge in [-0.15, -0.1) is 13.2 Å². The Morgan fingerprint density at radius 2 is 2.00 bits per heavy atom. The Morgan fingerprint density at radius 1 is 1.43 bits per heavy atom. The van der Waals surface area contributed by atoms with Gasteiger partial charge in [0, 0.05) is 6.07 Å². The number of aromatic nitrogens is 1. The number of halogens is 6. The van der Waals surface area contributed by atoms with Crippen LogP contribution >= 0.6 is 38.5 Å². The zero-order valence-corrected chi connectivity index (χ0v) is 9.94. The summed E-state index contributed by atoms with van der Waals surface area (Å²) in [5, 5.41) is 0. The van der Waals surface area contributed by atoms with E-state index in [1.54, 1.807) is 22.6 Å².